The van der Waals surface area contributed by atoms with E-state index in [1.807, 2.05) is 37.3 Å². The van der Waals surface area contributed by atoms with Gasteiger partial charge in [-0.1, -0.05) is 30.3 Å². The van der Waals surface area contributed by atoms with Gasteiger partial charge in [-0.2, -0.15) is 0 Å². The number of carbonyl (C=O) groups excluding carboxylic acids is 3. The van der Waals surface area contributed by atoms with E-state index >= 15 is 0 Å². The molecule has 0 unspecified atom stereocenters. The molecule has 23 heavy (non-hydrogen) atoms. The van der Waals surface area contributed by atoms with E-state index in [0.717, 1.165) is 5.56 Å². The molecule has 0 aliphatic carbocycles. The lowest BCUT2D eigenvalue weighted by Crippen LogP contribution is -2.44. The van der Waals surface area contributed by atoms with Gasteiger partial charge >= 0.3 is 0 Å². The van der Waals surface area contributed by atoms with Crippen molar-refractivity contribution in [2.45, 2.75) is 13.5 Å². The topological polar surface area (TPSA) is 105 Å². The van der Waals surface area contributed by atoms with Crippen LogP contribution in [0, 0.1) is 0 Å². The van der Waals surface area contributed by atoms with E-state index < -0.39 is 11.8 Å². The normalized spacial score (nSPS) is 9.48. The van der Waals surface area contributed by atoms with Crippen LogP contribution in [0.5, 0.6) is 0 Å². The molecule has 0 bridgehead atoms. The van der Waals surface area contributed by atoms with Gasteiger partial charge in [0.25, 0.3) is 0 Å². The molecular formula is C15H23ClN4O3. The molecule has 1 rings (SSSR count). The number of halogens is 1. The molecule has 0 radical (unpaired) electrons. The smallest absolute Gasteiger partial charge is 0.242 e. The predicted molar refractivity (Wildman–Crippen MR) is 89.9 cm³/mol. The summed E-state index contributed by atoms with van der Waals surface area (Å²) in [6.45, 7) is 2.46. The Balaban J connectivity index is 0.00000484. The summed E-state index contributed by atoms with van der Waals surface area (Å²) in [5, 5.41) is 4.81. The highest BCUT2D eigenvalue weighted by atomic mass is 35.5. The van der Waals surface area contributed by atoms with Crippen LogP contribution in [0.3, 0.4) is 0 Å². The van der Waals surface area contributed by atoms with Crippen LogP contribution < -0.4 is 16.4 Å². The average Bonchev–Trinajstić information content (AvgIpc) is 2.56. The fraction of sp³-hybridized carbons (Fsp3) is 0.400. The maximum atomic E-state index is 12.1. The number of nitrogens with one attached hydrogen (secondary N) is 2. The minimum absolute atomic E-state index is 0. The third kappa shape index (κ3) is 8.18. The van der Waals surface area contributed by atoms with E-state index in [9.17, 15) is 14.4 Å². The monoisotopic (exact) mass is 342 g/mol. The summed E-state index contributed by atoms with van der Waals surface area (Å²) in [5.74, 6) is -1.02. The molecule has 0 aromatic heterocycles. The number of likely N-dealkylation sites (N-methyl/N-ethyl adjacent to an activating group) is 1. The molecule has 128 valence electrons. The highest BCUT2D eigenvalue weighted by Crippen LogP contribution is 2.04. The lowest BCUT2D eigenvalue weighted by Gasteiger charge is -2.21. The summed E-state index contributed by atoms with van der Waals surface area (Å²) in [6.07, 6.45) is 0. The minimum atomic E-state index is -0.425. The largest absolute Gasteiger partial charge is 0.346 e. The molecule has 1 aromatic carbocycles. The summed E-state index contributed by atoms with van der Waals surface area (Å²) in [4.78, 5) is 36.1. The van der Waals surface area contributed by atoms with Crippen molar-refractivity contribution in [2.24, 2.45) is 5.73 Å². The molecule has 7 nitrogen and oxygen atoms in total. The van der Waals surface area contributed by atoms with Gasteiger partial charge in [0.1, 0.15) is 0 Å². The van der Waals surface area contributed by atoms with Crippen molar-refractivity contribution in [2.75, 3.05) is 26.2 Å². The molecule has 4 N–H and O–H groups in total. The number of carbonyl (C=O) groups is 3. The SMILES string of the molecule is CCN(Cc1ccccc1)C(=O)CNC(=O)CNC(=O)CN.Cl. The van der Waals surface area contributed by atoms with E-state index in [1.54, 1.807) is 4.90 Å². The maximum absolute atomic E-state index is 12.1. The predicted octanol–water partition coefficient (Wildman–Crippen LogP) is -0.352. The Kier molecular flexibility index (Phi) is 10.4. The molecule has 0 fully saturated rings. The first-order valence-corrected chi connectivity index (χ1v) is 7.12. The first-order valence-electron chi connectivity index (χ1n) is 7.12. The van der Waals surface area contributed by atoms with Gasteiger partial charge in [0.05, 0.1) is 19.6 Å². The third-order valence-corrected chi connectivity index (χ3v) is 3.02. The number of rotatable bonds is 8. The summed E-state index contributed by atoms with van der Waals surface area (Å²) in [5.41, 5.74) is 6.13. The molecule has 3 amide bonds. The number of hydrogen-bond donors (Lipinski definition) is 3. The van der Waals surface area contributed by atoms with Gasteiger partial charge < -0.3 is 21.3 Å². The van der Waals surface area contributed by atoms with Crippen LogP contribution >= 0.6 is 12.4 Å². The zero-order valence-corrected chi connectivity index (χ0v) is 13.9. The molecule has 0 saturated heterocycles. The van der Waals surface area contributed by atoms with E-state index in [-0.39, 0.29) is 37.9 Å². The van der Waals surface area contributed by atoms with Gasteiger partial charge in [0.2, 0.25) is 17.7 Å². The molecule has 0 spiro atoms. The van der Waals surface area contributed by atoms with Crippen LogP contribution in [0.4, 0.5) is 0 Å². The molecular weight excluding hydrogens is 320 g/mol. The highest BCUT2D eigenvalue weighted by molar-refractivity contribution is 5.88. The third-order valence-electron chi connectivity index (χ3n) is 3.02. The van der Waals surface area contributed by atoms with Crippen molar-refractivity contribution in [1.29, 1.82) is 0 Å². The lowest BCUT2D eigenvalue weighted by atomic mass is 10.2. The maximum Gasteiger partial charge on any atom is 0.242 e. The van der Waals surface area contributed by atoms with Crippen LogP contribution in [0.25, 0.3) is 0 Å². The molecule has 0 atom stereocenters. The van der Waals surface area contributed by atoms with Crippen LogP contribution in [-0.4, -0.2) is 48.8 Å². The van der Waals surface area contributed by atoms with Gasteiger partial charge in [0, 0.05) is 13.1 Å². The lowest BCUT2D eigenvalue weighted by molar-refractivity contribution is -0.133. The Morgan fingerprint density at radius 3 is 2.22 bits per heavy atom. The first kappa shape index (κ1) is 20.9. The summed E-state index contributed by atoms with van der Waals surface area (Å²) >= 11 is 0. The van der Waals surface area contributed by atoms with Crippen molar-refractivity contribution >= 4 is 30.1 Å². The van der Waals surface area contributed by atoms with Crippen molar-refractivity contribution in [3.05, 3.63) is 35.9 Å². The highest BCUT2D eigenvalue weighted by Gasteiger charge is 2.13. The minimum Gasteiger partial charge on any atom is -0.346 e. The average molecular weight is 343 g/mol. The second kappa shape index (κ2) is 11.4. The zero-order chi connectivity index (χ0) is 16.4. The molecule has 8 heteroatoms. The van der Waals surface area contributed by atoms with Crippen LogP contribution in [-0.2, 0) is 20.9 Å². The first-order chi connectivity index (χ1) is 10.6. The summed E-state index contributed by atoms with van der Waals surface area (Å²) in [7, 11) is 0. The van der Waals surface area contributed by atoms with Crippen molar-refractivity contribution in [3.8, 4) is 0 Å². The number of amides is 3. The Morgan fingerprint density at radius 2 is 1.65 bits per heavy atom. The molecule has 0 heterocycles. The van der Waals surface area contributed by atoms with E-state index in [0.29, 0.717) is 13.1 Å². The van der Waals surface area contributed by atoms with Crippen LogP contribution in [0.1, 0.15) is 12.5 Å². The van der Waals surface area contributed by atoms with Gasteiger partial charge in [-0.25, -0.2) is 0 Å². The Bertz CT molecular complexity index is 511. The second-order valence-electron chi connectivity index (χ2n) is 4.65. The van der Waals surface area contributed by atoms with Crippen molar-refractivity contribution in [1.82, 2.24) is 15.5 Å². The fourth-order valence-corrected chi connectivity index (χ4v) is 1.78. The summed E-state index contributed by atoms with van der Waals surface area (Å²) < 4.78 is 0. The zero-order valence-electron chi connectivity index (χ0n) is 13.1. The Morgan fingerprint density at radius 1 is 1.04 bits per heavy atom. The number of benzene rings is 1. The van der Waals surface area contributed by atoms with E-state index in [1.165, 1.54) is 0 Å². The van der Waals surface area contributed by atoms with Gasteiger partial charge in [0.15, 0.2) is 0 Å². The summed E-state index contributed by atoms with van der Waals surface area (Å²) in [6, 6.07) is 9.62. The van der Waals surface area contributed by atoms with E-state index in [4.69, 9.17) is 5.73 Å². The van der Waals surface area contributed by atoms with Crippen molar-refractivity contribution in [3.63, 3.8) is 0 Å². The second-order valence-corrected chi connectivity index (χ2v) is 4.65. The number of nitrogens with zero attached hydrogens (tertiary/aromatic N) is 1. The van der Waals surface area contributed by atoms with Gasteiger partial charge in [-0.05, 0) is 12.5 Å². The quantitative estimate of drug-likeness (QED) is 0.600. The van der Waals surface area contributed by atoms with Crippen LogP contribution in [0.15, 0.2) is 30.3 Å². The molecule has 0 saturated carbocycles. The fourth-order valence-electron chi connectivity index (χ4n) is 1.78. The number of nitrogens with two attached hydrogens (primary N) is 1. The molecule has 1 aromatic rings. The number of hydrogen-bond acceptors (Lipinski definition) is 4. The van der Waals surface area contributed by atoms with Crippen LogP contribution in [0.2, 0.25) is 0 Å². The van der Waals surface area contributed by atoms with Gasteiger partial charge in [-0.15, -0.1) is 12.4 Å². The molecule has 0 aliphatic heterocycles. The molecule has 0 aliphatic rings. The van der Waals surface area contributed by atoms with Crippen molar-refractivity contribution < 1.29 is 14.4 Å². The Hall–Kier alpha value is -2.12. The Labute approximate surface area is 142 Å². The van der Waals surface area contributed by atoms with E-state index in [2.05, 4.69) is 10.6 Å². The standard InChI is InChI=1S/C15H22N4O3.ClH/c1-2-19(11-12-6-4-3-5-7-12)15(22)10-18-14(21)9-17-13(20)8-16;/h3-7H,2,8-11,16H2,1H3,(H,17,20)(H,18,21);1H. The van der Waals surface area contributed by atoms with Gasteiger partial charge in [-0.3, -0.25) is 14.4 Å².